The Morgan fingerprint density at radius 3 is 2.50 bits per heavy atom. The predicted molar refractivity (Wildman–Crippen MR) is 90.6 cm³/mol. The molecule has 5 nitrogen and oxygen atoms in total. The fraction of sp³-hybridized carbons (Fsp3) is 0.263. The van der Waals surface area contributed by atoms with Crippen LogP contribution in [0.3, 0.4) is 0 Å². The van der Waals surface area contributed by atoms with Crippen molar-refractivity contribution in [1.82, 2.24) is 5.32 Å². The average molecular weight is 324 g/mol. The molecule has 2 atom stereocenters. The van der Waals surface area contributed by atoms with Crippen LogP contribution in [0, 0.1) is 17.2 Å². The average Bonchev–Trinajstić information content (AvgIpc) is 2.64. The van der Waals surface area contributed by atoms with Crippen LogP contribution in [0.15, 0.2) is 54.6 Å². The number of benzene rings is 2. The van der Waals surface area contributed by atoms with Crippen molar-refractivity contribution < 1.29 is 14.3 Å². The Morgan fingerprint density at radius 2 is 1.83 bits per heavy atom. The molecule has 0 fully saturated rings. The normalized spacial score (nSPS) is 12.5. The van der Waals surface area contributed by atoms with Crippen LogP contribution >= 0.6 is 0 Å². The van der Waals surface area contributed by atoms with Gasteiger partial charge in [0.2, 0.25) is 5.91 Å². The van der Waals surface area contributed by atoms with Gasteiger partial charge in [-0.15, -0.1) is 0 Å². The summed E-state index contributed by atoms with van der Waals surface area (Å²) in [5.74, 6) is 0.635. The number of carbonyl (C=O) groups is 1. The van der Waals surface area contributed by atoms with Gasteiger partial charge in [0.1, 0.15) is 17.5 Å². The van der Waals surface area contributed by atoms with Crippen molar-refractivity contribution in [2.75, 3.05) is 13.7 Å². The minimum atomic E-state index is -0.771. The number of hydrogen-bond acceptors (Lipinski definition) is 4. The monoisotopic (exact) mass is 324 g/mol. The van der Waals surface area contributed by atoms with Gasteiger partial charge < -0.3 is 14.8 Å². The second-order valence-corrected chi connectivity index (χ2v) is 5.34. The number of carbonyl (C=O) groups excluding carboxylic acids is 1. The summed E-state index contributed by atoms with van der Waals surface area (Å²) < 4.78 is 10.8. The molecule has 0 bridgehead atoms. The lowest BCUT2D eigenvalue weighted by Gasteiger charge is -2.18. The first-order valence-electron chi connectivity index (χ1n) is 7.66. The van der Waals surface area contributed by atoms with E-state index >= 15 is 0 Å². The Morgan fingerprint density at radius 1 is 1.17 bits per heavy atom. The van der Waals surface area contributed by atoms with Crippen molar-refractivity contribution in [3.8, 4) is 17.6 Å². The number of ether oxygens (including phenoxy) is 2. The van der Waals surface area contributed by atoms with E-state index in [1.165, 1.54) is 7.11 Å². The molecule has 2 rings (SSSR count). The molecule has 0 unspecified atom stereocenters. The molecule has 124 valence electrons. The minimum Gasteiger partial charge on any atom is -0.496 e. The lowest BCUT2D eigenvalue weighted by atomic mass is 10.1. The van der Waals surface area contributed by atoms with Gasteiger partial charge in [0.25, 0.3) is 0 Å². The second-order valence-electron chi connectivity index (χ2n) is 5.34. The summed E-state index contributed by atoms with van der Waals surface area (Å²) in [6, 6.07) is 17.8. The highest BCUT2D eigenvalue weighted by atomic mass is 16.5. The maximum absolute atomic E-state index is 12.3. The third kappa shape index (κ3) is 4.50. The largest absolute Gasteiger partial charge is 0.496 e. The van der Waals surface area contributed by atoms with Crippen LogP contribution in [-0.4, -0.2) is 19.6 Å². The summed E-state index contributed by atoms with van der Waals surface area (Å²) in [5.41, 5.74) is 0.632. The molecular formula is C19H20N2O3. The van der Waals surface area contributed by atoms with E-state index in [1.807, 2.05) is 36.4 Å². The van der Waals surface area contributed by atoms with Crippen LogP contribution in [0.5, 0.6) is 11.5 Å². The number of amides is 1. The Labute approximate surface area is 141 Å². The van der Waals surface area contributed by atoms with Crippen molar-refractivity contribution in [3.05, 3.63) is 60.2 Å². The van der Waals surface area contributed by atoms with Crippen LogP contribution < -0.4 is 14.8 Å². The molecule has 0 aliphatic carbocycles. The summed E-state index contributed by atoms with van der Waals surface area (Å²) in [5, 5.41) is 12.1. The van der Waals surface area contributed by atoms with Gasteiger partial charge in [0, 0.05) is 5.56 Å². The van der Waals surface area contributed by atoms with Crippen molar-refractivity contribution >= 4 is 5.91 Å². The Balaban J connectivity index is 1.97. The van der Waals surface area contributed by atoms with E-state index < -0.39 is 12.0 Å². The first kappa shape index (κ1) is 17.4. The van der Waals surface area contributed by atoms with Crippen molar-refractivity contribution in [3.63, 3.8) is 0 Å². The van der Waals surface area contributed by atoms with Crippen molar-refractivity contribution in [2.24, 2.45) is 5.92 Å². The molecular weight excluding hydrogens is 304 g/mol. The van der Waals surface area contributed by atoms with E-state index in [4.69, 9.17) is 9.47 Å². The SMILES string of the molecule is COc1ccccc1[C@@H](C#N)NC(=O)[C@@H](C)COc1ccccc1. The lowest BCUT2D eigenvalue weighted by molar-refractivity contribution is -0.125. The van der Waals surface area contributed by atoms with Crippen LogP contribution in [0.4, 0.5) is 0 Å². The molecule has 1 N–H and O–H groups in total. The topological polar surface area (TPSA) is 71.3 Å². The van der Waals surface area contributed by atoms with Crippen LogP contribution in [0.25, 0.3) is 0 Å². The number of methoxy groups -OCH3 is 1. The second kappa shape index (κ2) is 8.59. The van der Waals surface area contributed by atoms with E-state index in [2.05, 4.69) is 11.4 Å². The number of rotatable bonds is 7. The molecule has 2 aromatic carbocycles. The Kier molecular flexibility index (Phi) is 6.21. The molecule has 0 heterocycles. The first-order chi connectivity index (χ1) is 11.7. The van der Waals surface area contributed by atoms with Gasteiger partial charge in [-0.05, 0) is 18.2 Å². The first-order valence-corrected chi connectivity index (χ1v) is 7.66. The fourth-order valence-electron chi connectivity index (χ4n) is 2.18. The molecule has 0 aromatic heterocycles. The Hall–Kier alpha value is -3.00. The summed E-state index contributed by atoms with van der Waals surface area (Å²) in [7, 11) is 1.53. The maximum Gasteiger partial charge on any atom is 0.227 e. The summed E-state index contributed by atoms with van der Waals surface area (Å²) in [6.45, 7) is 1.99. The van der Waals surface area contributed by atoms with Gasteiger partial charge in [-0.2, -0.15) is 5.26 Å². The molecule has 0 aliphatic heterocycles. The maximum atomic E-state index is 12.3. The molecule has 0 spiro atoms. The molecule has 2 aromatic rings. The quantitative estimate of drug-likeness (QED) is 0.849. The van der Waals surface area contributed by atoms with Crippen LogP contribution in [-0.2, 0) is 4.79 Å². The van der Waals surface area contributed by atoms with Gasteiger partial charge in [0.15, 0.2) is 0 Å². The van der Waals surface area contributed by atoms with E-state index in [9.17, 15) is 10.1 Å². The highest BCUT2D eigenvalue weighted by Gasteiger charge is 2.21. The standard InChI is InChI=1S/C19H20N2O3/c1-14(13-24-15-8-4-3-5-9-15)19(22)21-17(12-20)16-10-6-7-11-18(16)23-2/h3-11,14,17H,13H2,1-2H3,(H,21,22)/t14-,17+/m0/s1. The molecule has 24 heavy (non-hydrogen) atoms. The summed E-state index contributed by atoms with van der Waals surface area (Å²) in [6.07, 6.45) is 0. The van der Waals surface area contributed by atoms with Crippen LogP contribution in [0.2, 0.25) is 0 Å². The molecule has 0 saturated carbocycles. The Bertz CT molecular complexity index is 710. The van der Waals surface area contributed by atoms with Crippen molar-refractivity contribution in [2.45, 2.75) is 13.0 Å². The molecule has 5 heteroatoms. The fourth-order valence-corrected chi connectivity index (χ4v) is 2.18. The summed E-state index contributed by atoms with van der Waals surface area (Å²) in [4.78, 5) is 12.3. The third-order valence-electron chi connectivity index (χ3n) is 3.56. The van der Waals surface area contributed by atoms with E-state index in [0.717, 1.165) is 0 Å². The van der Waals surface area contributed by atoms with Gasteiger partial charge >= 0.3 is 0 Å². The molecule has 0 aliphatic rings. The zero-order valence-electron chi connectivity index (χ0n) is 13.7. The van der Waals surface area contributed by atoms with Gasteiger partial charge in [-0.1, -0.05) is 43.3 Å². The number of hydrogen-bond donors (Lipinski definition) is 1. The zero-order valence-corrected chi connectivity index (χ0v) is 13.7. The lowest BCUT2D eigenvalue weighted by Crippen LogP contribution is -2.35. The highest BCUT2D eigenvalue weighted by Crippen LogP contribution is 2.24. The summed E-state index contributed by atoms with van der Waals surface area (Å²) >= 11 is 0. The third-order valence-corrected chi connectivity index (χ3v) is 3.56. The smallest absolute Gasteiger partial charge is 0.227 e. The minimum absolute atomic E-state index is 0.236. The van der Waals surface area contributed by atoms with Gasteiger partial charge in [-0.25, -0.2) is 0 Å². The van der Waals surface area contributed by atoms with Crippen molar-refractivity contribution in [1.29, 1.82) is 5.26 Å². The highest BCUT2D eigenvalue weighted by molar-refractivity contribution is 5.79. The van der Waals surface area contributed by atoms with Gasteiger partial charge in [-0.3, -0.25) is 4.79 Å². The molecule has 1 amide bonds. The van der Waals surface area contributed by atoms with E-state index in [-0.39, 0.29) is 12.5 Å². The molecule has 0 radical (unpaired) electrons. The van der Waals surface area contributed by atoms with E-state index in [1.54, 1.807) is 25.1 Å². The number of nitrogens with one attached hydrogen (secondary N) is 1. The number of nitrogens with zero attached hydrogens (tertiary/aromatic N) is 1. The number of para-hydroxylation sites is 2. The molecule has 0 saturated heterocycles. The van der Waals surface area contributed by atoms with Gasteiger partial charge in [0.05, 0.1) is 25.7 Å². The number of nitriles is 1. The predicted octanol–water partition coefficient (Wildman–Crippen LogP) is 3.09. The zero-order chi connectivity index (χ0) is 17.4. The van der Waals surface area contributed by atoms with Crippen LogP contribution in [0.1, 0.15) is 18.5 Å². The van der Waals surface area contributed by atoms with E-state index in [0.29, 0.717) is 17.1 Å².